The number of rotatable bonds is 4. The third-order valence-corrected chi connectivity index (χ3v) is 3.43. The Balaban J connectivity index is 2.12. The van der Waals surface area contributed by atoms with Gasteiger partial charge in [0.05, 0.1) is 6.61 Å². The van der Waals surface area contributed by atoms with E-state index >= 15 is 0 Å². The largest absolute Gasteiger partial charge is 0.383 e. The van der Waals surface area contributed by atoms with Crippen LogP contribution in [0.15, 0.2) is 42.5 Å². The van der Waals surface area contributed by atoms with E-state index in [1.807, 2.05) is 24.1 Å². The summed E-state index contributed by atoms with van der Waals surface area (Å²) in [5, 5.41) is 6.31. The van der Waals surface area contributed by atoms with E-state index in [-0.39, 0.29) is 0 Å². The molecule has 0 aliphatic rings. The van der Waals surface area contributed by atoms with E-state index in [2.05, 4.69) is 35.6 Å². The summed E-state index contributed by atoms with van der Waals surface area (Å²) in [4.78, 5) is 1.97. The summed E-state index contributed by atoms with van der Waals surface area (Å²) in [6, 6.07) is 14.6. The highest BCUT2D eigenvalue weighted by Gasteiger charge is 2.06. The van der Waals surface area contributed by atoms with Gasteiger partial charge < -0.3 is 15.0 Å². The predicted octanol–water partition coefficient (Wildman–Crippen LogP) is 2.80. The Kier molecular flexibility index (Phi) is 4.71. The maximum absolute atomic E-state index is 5.35. The molecule has 0 atom stereocenters. The second-order valence-corrected chi connectivity index (χ2v) is 4.70. The summed E-state index contributed by atoms with van der Waals surface area (Å²) >= 11 is 5.35. The van der Waals surface area contributed by atoms with Crippen LogP contribution in [0, 0.1) is 0 Å². The fraction of sp³-hybridized carbons (Fsp3) is 0.267. The van der Waals surface area contributed by atoms with Crippen molar-refractivity contribution in [2.75, 3.05) is 32.2 Å². The van der Waals surface area contributed by atoms with Crippen molar-refractivity contribution in [2.45, 2.75) is 0 Å². The zero-order valence-electron chi connectivity index (χ0n) is 11.2. The van der Waals surface area contributed by atoms with Crippen molar-refractivity contribution in [2.24, 2.45) is 0 Å². The third-order valence-electron chi connectivity index (χ3n) is 3.01. The third kappa shape index (κ3) is 3.43. The first-order chi connectivity index (χ1) is 9.22. The second kappa shape index (κ2) is 6.50. The fourth-order valence-corrected chi connectivity index (χ4v) is 2.09. The van der Waals surface area contributed by atoms with Crippen molar-refractivity contribution in [3.8, 4) is 0 Å². The van der Waals surface area contributed by atoms with E-state index in [0.29, 0.717) is 18.3 Å². The van der Waals surface area contributed by atoms with Crippen LogP contribution in [-0.4, -0.2) is 32.4 Å². The zero-order chi connectivity index (χ0) is 13.7. The normalized spacial score (nSPS) is 10.4. The number of nitrogens with zero attached hydrogens (tertiary/aromatic N) is 1. The van der Waals surface area contributed by atoms with Gasteiger partial charge in [-0.2, -0.15) is 0 Å². The highest BCUT2D eigenvalue weighted by molar-refractivity contribution is 7.80. The fourth-order valence-electron chi connectivity index (χ4n) is 1.88. The van der Waals surface area contributed by atoms with E-state index in [9.17, 15) is 0 Å². The molecule has 4 heteroatoms. The molecule has 2 aromatic rings. The van der Waals surface area contributed by atoms with Gasteiger partial charge in [-0.25, -0.2) is 0 Å². The van der Waals surface area contributed by atoms with Gasteiger partial charge in [0.1, 0.15) is 0 Å². The van der Waals surface area contributed by atoms with E-state index in [4.69, 9.17) is 17.0 Å². The summed E-state index contributed by atoms with van der Waals surface area (Å²) in [5.41, 5.74) is 1.08. The highest BCUT2D eigenvalue weighted by atomic mass is 32.1. The molecule has 0 unspecified atom stereocenters. The first kappa shape index (κ1) is 13.8. The first-order valence-electron chi connectivity index (χ1n) is 6.21. The molecule has 2 aromatic carbocycles. The van der Waals surface area contributed by atoms with E-state index in [1.165, 1.54) is 10.8 Å². The molecule has 0 bridgehead atoms. The lowest BCUT2D eigenvalue weighted by atomic mass is 10.1. The summed E-state index contributed by atoms with van der Waals surface area (Å²) in [7, 11) is 3.64. The lowest BCUT2D eigenvalue weighted by Crippen LogP contribution is -2.38. The number of ether oxygens (including phenoxy) is 1. The molecule has 100 valence electrons. The lowest BCUT2D eigenvalue weighted by Gasteiger charge is -2.21. The van der Waals surface area contributed by atoms with E-state index in [1.54, 1.807) is 7.11 Å². The molecule has 1 N–H and O–H groups in total. The number of fused-ring (bicyclic) bond motifs is 1. The van der Waals surface area contributed by atoms with Crippen molar-refractivity contribution in [3.05, 3.63) is 42.5 Å². The number of hydrogen-bond donors (Lipinski definition) is 1. The van der Waals surface area contributed by atoms with Gasteiger partial charge in [0.15, 0.2) is 5.11 Å². The van der Waals surface area contributed by atoms with Gasteiger partial charge in [-0.15, -0.1) is 0 Å². The van der Waals surface area contributed by atoms with Crippen LogP contribution in [0.5, 0.6) is 0 Å². The Labute approximate surface area is 119 Å². The number of methoxy groups -OCH3 is 1. The molecule has 0 aromatic heterocycles. The van der Waals surface area contributed by atoms with Crippen LogP contribution in [0.25, 0.3) is 10.8 Å². The lowest BCUT2D eigenvalue weighted by molar-refractivity contribution is 0.204. The molecule has 19 heavy (non-hydrogen) atoms. The van der Waals surface area contributed by atoms with Gasteiger partial charge in [0.25, 0.3) is 0 Å². The van der Waals surface area contributed by atoms with Crippen LogP contribution in [-0.2, 0) is 4.74 Å². The molecular weight excluding hydrogens is 256 g/mol. The Morgan fingerprint density at radius 3 is 2.68 bits per heavy atom. The van der Waals surface area contributed by atoms with Crippen molar-refractivity contribution in [1.82, 2.24) is 5.32 Å². The number of anilines is 1. The molecule has 0 saturated carbocycles. The maximum atomic E-state index is 5.35. The minimum Gasteiger partial charge on any atom is -0.383 e. The van der Waals surface area contributed by atoms with Gasteiger partial charge in [-0.1, -0.05) is 30.3 Å². The molecule has 0 aliphatic carbocycles. The molecule has 0 radical (unpaired) electrons. The number of nitrogens with one attached hydrogen (secondary N) is 1. The summed E-state index contributed by atoms with van der Waals surface area (Å²) in [6.45, 7) is 1.36. The highest BCUT2D eigenvalue weighted by Crippen LogP contribution is 2.21. The monoisotopic (exact) mass is 274 g/mol. The summed E-state index contributed by atoms with van der Waals surface area (Å²) in [5.74, 6) is 0. The van der Waals surface area contributed by atoms with E-state index < -0.39 is 0 Å². The molecule has 0 heterocycles. The average Bonchev–Trinajstić information content (AvgIpc) is 2.46. The molecule has 0 fully saturated rings. The van der Waals surface area contributed by atoms with Crippen LogP contribution in [0.3, 0.4) is 0 Å². The van der Waals surface area contributed by atoms with Crippen LogP contribution < -0.4 is 10.2 Å². The van der Waals surface area contributed by atoms with Gasteiger partial charge in [-0.3, -0.25) is 0 Å². The van der Waals surface area contributed by atoms with Gasteiger partial charge in [0.2, 0.25) is 0 Å². The van der Waals surface area contributed by atoms with Crippen LogP contribution in [0.1, 0.15) is 0 Å². The van der Waals surface area contributed by atoms with Gasteiger partial charge >= 0.3 is 0 Å². The van der Waals surface area contributed by atoms with Crippen molar-refractivity contribution < 1.29 is 4.74 Å². The summed E-state index contributed by atoms with van der Waals surface area (Å²) < 4.78 is 4.99. The smallest absolute Gasteiger partial charge is 0.173 e. The Morgan fingerprint density at radius 2 is 1.95 bits per heavy atom. The molecule has 0 amide bonds. The van der Waals surface area contributed by atoms with E-state index in [0.717, 1.165) is 5.69 Å². The molecule has 0 saturated heterocycles. The number of thiocarbonyl (C=S) groups is 1. The molecule has 3 nitrogen and oxygen atoms in total. The topological polar surface area (TPSA) is 24.5 Å². The quantitative estimate of drug-likeness (QED) is 0.684. The Bertz CT molecular complexity index is 571. The summed E-state index contributed by atoms with van der Waals surface area (Å²) in [6.07, 6.45) is 0. The standard InChI is InChI=1S/C15H18N2OS/c1-17(15(19)16-9-10-18-2)14-8-7-12-5-3-4-6-13(12)11-14/h3-8,11H,9-10H2,1-2H3,(H,16,19). The zero-order valence-corrected chi connectivity index (χ0v) is 12.0. The molecule has 0 aliphatic heterocycles. The minimum atomic E-state index is 0.645. The minimum absolute atomic E-state index is 0.645. The van der Waals surface area contributed by atoms with Gasteiger partial charge in [0, 0.05) is 26.4 Å². The second-order valence-electron chi connectivity index (χ2n) is 4.32. The van der Waals surface area contributed by atoms with Crippen molar-refractivity contribution >= 4 is 33.8 Å². The number of benzene rings is 2. The number of hydrogen-bond acceptors (Lipinski definition) is 2. The Morgan fingerprint density at radius 1 is 1.21 bits per heavy atom. The van der Waals surface area contributed by atoms with Crippen molar-refractivity contribution in [1.29, 1.82) is 0 Å². The van der Waals surface area contributed by atoms with Crippen LogP contribution in [0.4, 0.5) is 5.69 Å². The SMILES string of the molecule is COCCNC(=S)N(C)c1ccc2ccccc2c1. The molecule has 0 spiro atoms. The maximum Gasteiger partial charge on any atom is 0.173 e. The molecule has 2 rings (SSSR count). The average molecular weight is 274 g/mol. The first-order valence-corrected chi connectivity index (χ1v) is 6.62. The van der Waals surface area contributed by atoms with Crippen LogP contribution in [0.2, 0.25) is 0 Å². The Hall–Kier alpha value is -1.65. The van der Waals surface area contributed by atoms with Crippen molar-refractivity contribution in [3.63, 3.8) is 0 Å². The predicted molar refractivity (Wildman–Crippen MR) is 84.8 cm³/mol. The van der Waals surface area contributed by atoms with Gasteiger partial charge in [-0.05, 0) is 35.1 Å². The van der Waals surface area contributed by atoms with Crippen LogP contribution >= 0.6 is 12.2 Å². The molecular formula is C15H18N2OS.